The minimum absolute atomic E-state index is 0.0770. The van der Waals surface area contributed by atoms with Crippen LogP contribution in [0.15, 0.2) is 18.2 Å². The van der Waals surface area contributed by atoms with Crippen molar-refractivity contribution in [2.45, 2.75) is 26.2 Å². The van der Waals surface area contributed by atoms with Crippen molar-refractivity contribution in [1.29, 1.82) is 0 Å². The molecule has 0 bridgehead atoms. The molecule has 4 nitrogen and oxygen atoms in total. The van der Waals surface area contributed by atoms with Gasteiger partial charge in [-0.2, -0.15) is 0 Å². The molecule has 0 heterocycles. The van der Waals surface area contributed by atoms with E-state index >= 15 is 0 Å². The molecule has 1 saturated carbocycles. The largest absolute Gasteiger partial charge is 0.508 e. The van der Waals surface area contributed by atoms with Crippen LogP contribution in [0.1, 0.15) is 35.2 Å². The van der Waals surface area contributed by atoms with Gasteiger partial charge in [0.25, 0.3) is 5.91 Å². The number of amides is 1. The van der Waals surface area contributed by atoms with Crippen LogP contribution in [0.3, 0.4) is 0 Å². The SMILES string of the molecule is COCCC1(CNC(=O)c2ccc(O)c(C)c2)CC1. The third-order valence-electron chi connectivity index (χ3n) is 3.88. The fraction of sp³-hybridized carbons (Fsp3) is 0.533. The molecule has 0 radical (unpaired) electrons. The predicted octanol–water partition coefficient (Wildman–Crippen LogP) is 2.25. The summed E-state index contributed by atoms with van der Waals surface area (Å²) in [6, 6.07) is 4.91. The Morgan fingerprint density at radius 2 is 2.21 bits per heavy atom. The molecule has 0 unspecified atom stereocenters. The Morgan fingerprint density at radius 3 is 2.79 bits per heavy atom. The number of hydrogen-bond donors (Lipinski definition) is 2. The average molecular weight is 263 g/mol. The molecule has 104 valence electrons. The van der Waals surface area contributed by atoms with E-state index < -0.39 is 0 Å². The van der Waals surface area contributed by atoms with Gasteiger partial charge in [0.2, 0.25) is 0 Å². The van der Waals surface area contributed by atoms with Gasteiger partial charge in [-0.25, -0.2) is 0 Å². The van der Waals surface area contributed by atoms with Crippen LogP contribution in [0.4, 0.5) is 0 Å². The zero-order valence-electron chi connectivity index (χ0n) is 11.5. The molecule has 0 spiro atoms. The van der Waals surface area contributed by atoms with Crippen molar-refractivity contribution in [1.82, 2.24) is 5.32 Å². The van der Waals surface area contributed by atoms with Crippen molar-refractivity contribution in [3.8, 4) is 5.75 Å². The number of phenolic OH excluding ortho intramolecular Hbond substituents is 1. The van der Waals surface area contributed by atoms with Gasteiger partial charge in [0.1, 0.15) is 5.75 Å². The second kappa shape index (κ2) is 5.61. The quantitative estimate of drug-likeness (QED) is 0.827. The summed E-state index contributed by atoms with van der Waals surface area (Å²) in [6.45, 7) is 3.23. The number of aryl methyl sites for hydroxylation is 1. The Kier molecular flexibility index (Phi) is 4.10. The van der Waals surface area contributed by atoms with Crippen LogP contribution in [-0.4, -0.2) is 31.3 Å². The van der Waals surface area contributed by atoms with Crippen LogP contribution in [0.2, 0.25) is 0 Å². The summed E-state index contributed by atoms with van der Waals surface area (Å²) in [5.74, 6) is 0.141. The Morgan fingerprint density at radius 1 is 1.47 bits per heavy atom. The Balaban J connectivity index is 1.89. The summed E-state index contributed by atoms with van der Waals surface area (Å²) >= 11 is 0. The van der Waals surface area contributed by atoms with E-state index in [0.29, 0.717) is 17.7 Å². The maximum Gasteiger partial charge on any atom is 0.251 e. The first kappa shape index (κ1) is 13.9. The molecular formula is C15H21NO3. The second-order valence-electron chi connectivity index (χ2n) is 5.43. The minimum Gasteiger partial charge on any atom is -0.508 e. The maximum atomic E-state index is 12.0. The lowest BCUT2D eigenvalue weighted by molar-refractivity contribution is 0.0938. The van der Waals surface area contributed by atoms with Crippen molar-refractivity contribution < 1.29 is 14.6 Å². The summed E-state index contributed by atoms with van der Waals surface area (Å²) in [4.78, 5) is 12.0. The van der Waals surface area contributed by atoms with Crippen LogP contribution >= 0.6 is 0 Å². The van der Waals surface area contributed by atoms with Crippen molar-refractivity contribution in [2.24, 2.45) is 5.41 Å². The molecule has 1 aromatic rings. The normalized spacial score (nSPS) is 16.1. The van der Waals surface area contributed by atoms with E-state index in [1.807, 2.05) is 0 Å². The molecule has 1 aliphatic rings. The number of aromatic hydroxyl groups is 1. The van der Waals surface area contributed by atoms with Crippen LogP contribution in [0.25, 0.3) is 0 Å². The number of benzene rings is 1. The van der Waals surface area contributed by atoms with Crippen molar-refractivity contribution in [3.05, 3.63) is 29.3 Å². The third-order valence-corrected chi connectivity index (χ3v) is 3.88. The highest BCUT2D eigenvalue weighted by atomic mass is 16.5. The number of ether oxygens (including phenoxy) is 1. The lowest BCUT2D eigenvalue weighted by Gasteiger charge is -2.15. The van der Waals surface area contributed by atoms with Crippen LogP contribution < -0.4 is 5.32 Å². The highest BCUT2D eigenvalue weighted by Gasteiger charge is 2.42. The number of carbonyl (C=O) groups is 1. The number of carbonyl (C=O) groups excluding carboxylic acids is 1. The molecule has 0 saturated heterocycles. The summed E-state index contributed by atoms with van der Waals surface area (Å²) in [5, 5.41) is 12.4. The summed E-state index contributed by atoms with van der Waals surface area (Å²) in [7, 11) is 1.70. The number of nitrogens with one attached hydrogen (secondary N) is 1. The van der Waals surface area contributed by atoms with E-state index in [4.69, 9.17) is 4.74 Å². The standard InChI is InChI=1S/C15H21NO3/c1-11-9-12(3-4-13(11)17)14(18)16-10-15(5-6-15)7-8-19-2/h3-4,9,17H,5-8,10H2,1-2H3,(H,16,18). The summed E-state index contributed by atoms with van der Waals surface area (Å²) < 4.78 is 5.10. The summed E-state index contributed by atoms with van der Waals surface area (Å²) in [6.07, 6.45) is 3.31. The first-order valence-electron chi connectivity index (χ1n) is 6.63. The van der Waals surface area contributed by atoms with Gasteiger partial charge in [0.05, 0.1) is 0 Å². The lowest BCUT2D eigenvalue weighted by Crippen LogP contribution is -2.30. The molecule has 2 N–H and O–H groups in total. The van der Waals surface area contributed by atoms with Crippen LogP contribution in [0.5, 0.6) is 5.75 Å². The van der Waals surface area contributed by atoms with Crippen LogP contribution in [0, 0.1) is 12.3 Å². The van der Waals surface area contributed by atoms with Gasteiger partial charge in [-0.05, 0) is 55.4 Å². The fourth-order valence-corrected chi connectivity index (χ4v) is 2.18. The van der Waals surface area contributed by atoms with Gasteiger partial charge < -0.3 is 15.2 Å². The first-order chi connectivity index (χ1) is 9.06. The minimum atomic E-state index is -0.0770. The third kappa shape index (κ3) is 3.47. The van der Waals surface area contributed by atoms with Crippen molar-refractivity contribution in [2.75, 3.05) is 20.3 Å². The Labute approximate surface area is 113 Å². The number of phenols is 1. The van der Waals surface area contributed by atoms with E-state index in [2.05, 4.69) is 5.32 Å². The van der Waals surface area contributed by atoms with E-state index in [-0.39, 0.29) is 17.1 Å². The molecule has 1 amide bonds. The monoisotopic (exact) mass is 263 g/mol. The fourth-order valence-electron chi connectivity index (χ4n) is 2.18. The molecule has 0 atom stereocenters. The topological polar surface area (TPSA) is 58.6 Å². The van der Waals surface area contributed by atoms with Gasteiger partial charge in [-0.3, -0.25) is 4.79 Å². The number of methoxy groups -OCH3 is 1. The lowest BCUT2D eigenvalue weighted by atomic mass is 10.0. The van der Waals surface area contributed by atoms with Crippen LogP contribution in [-0.2, 0) is 4.74 Å². The first-order valence-corrected chi connectivity index (χ1v) is 6.63. The van der Waals surface area contributed by atoms with Gasteiger partial charge in [0.15, 0.2) is 0 Å². The zero-order valence-corrected chi connectivity index (χ0v) is 11.5. The second-order valence-corrected chi connectivity index (χ2v) is 5.43. The maximum absolute atomic E-state index is 12.0. The highest BCUT2D eigenvalue weighted by molar-refractivity contribution is 5.94. The van der Waals surface area contributed by atoms with Gasteiger partial charge in [0, 0.05) is 25.8 Å². The average Bonchev–Trinajstić information content (AvgIpc) is 3.17. The molecule has 0 aromatic heterocycles. The van der Waals surface area contributed by atoms with Gasteiger partial charge in [-0.15, -0.1) is 0 Å². The van der Waals surface area contributed by atoms with Gasteiger partial charge in [-0.1, -0.05) is 0 Å². The molecule has 0 aliphatic heterocycles. The molecular weight excluding hydrogens is 242 g/mol. The van der Waals surface area contributed by atoms with Crippen molar-refractivity contribution >= 4 is 5.91 Å². The molecule has 19 heavy (non-hydrogen) atoms. The van der Waals surface area contributed by atoms with E-state index in [1.54, 1.807) is 32.2 Å². The Bertz CT molecular complexity index is 466. The number of hydrogen-bond acceptors (Lipinski definition) is 3. The predicted molar refractivity (Wildman–Crippen MR) is 73.3 cm³/mol. The molecule has 2 rings (SSSR count). The molecule has 1 aromatic carbocycles. The van der Waals surface area contributed by atoms with Crippen molar-refractivity contribution in [3.63, 3.8) is 0 Å². The highest BCUT2D eigenvalue weighted by Crippen LogP contribution is 2.48. The summed E-state index contributed by atoms with van der Waals surface area (Å²) in [5.41, 5.74) is 1.56. The zero-order chi connectivity index (χ0) is 13.9. The van der Waals surface area contributed by atoms with E-state index in [0.717, 1.165) is 25.9 Å². The van der Waals surface area contributed by atoms with E-state index in [9.17, 15) is 9.90 Å². The van der Waals surface area contributed by atoms with E-state index in [1.165, 1.54) is 0 Å². The number of rotatable bonds is 6. The smallest absolute Gasteiger partial charge is 0.251 e. The molecule has 1 fully saturated rings. The Hall–Kier alpha value is -1.55. The van der Waals surface area contributed by atoms with Gasteiger partial charge >= 0.3 is 0 Å². The molecule has 1 aliphatic carbocycles. The molecule has 4 heteroatoms.